The Bertz CT molecular complexity index is 429. The van der Waals surface area contributed by atoms with Crippen molar-refractivity contribution in [2.24, 2.45) is 0 Å². The number of nitrogens with one attached hydrogen (secondary N) is 1. The minimum absolute atomic E-state index is 0.0258. The summed E-state index contributed by atoms with van der Waals surface area (Å²) in [5.41, 5.74) is 0.955. The fourth-order valence-corrected chi connectivity index (χ4v) is 3.32. The predicted molar refractivity (Wildman–Crippen MR) is 89.8 cm³/mol. The minimum atomic E-state index is -1.14. The van der Waals surface area contributed by atoms with Gasteiger partial charge in [0.15, 0.2) is 0 Å². The largest absolute Gasteiger partial charge is 0.351 e. The lowest BCUT2D eigenvalue weighted by Crippen LogP contribution is -2.43. The molecule has 0 saturated carbocycles. The molecule has 1 atom stereocenters. The highest BCUT2D eigenvalue weighted by Gasteiger charge is 2.26. The van der Waals surface area contributed by atoms with Crippen molar-refractivity contribution < 1.29 is 4.79 Å². The molecule has 1 N–H and O–H groups in total. The lowest BCUT2D eigenvalue weighted by atomic mass is 9.94. The van der Waals surface area contributed by atoms with Crippen molar-refractivity contribution in [3.8, 4) is 0 Å². The quantitative estimate of drug-likeness (QED) is 0.800. The maximum Gasteiger partial charge on any atom is 0.227 e. The number of amides is 1. The Kier molecular flexibility index (Phi) is 5.57. The summed E-state index contributed by atoms with van der Waals surface area (Å²) < 4.78 is 0. The van der Waals surface area contributed by atoms with Gasteiger partial charge in [-0.1, -0.05) is 56.0 Å². The van der Waals surface area contributed by atoms with Gasteiger partial charge in [0.2, 0.25) is 5.91 Å². The van der Waals surface area contributed by atoms with E-state index >= 15 is 0 Å². The Morgan fingerprint density at radius 3 is 2.15 bits per heavy atom. The van der Waals surface area contributed by atoms with Gasteiger partial charge in [-0.05, 0) is 32.8 Å². The van der Waals surface area contributed by atoms with E-state index in [1.165, 1.54) is 6.04 Å². The van der Waals surface area contributed by atoms with Crippen molar-refractivity contribution in [1.29, 1.82) is 0 Å². The first kappa shape index (κ1) is 17.0. The smallest absolute Gasteiger partial charge is 0.227 e. The molecule has 0 spiro atoms. The molecule has 1 aromatic carbocycles. The Morgan fingerprint density at radius 1 is 1.15 bits per heavy atom. The molecule has 20 heavy (non-hydrogen) atoms. The van der Waals surface area contributed by atoms with Crippen LogP contribution in [0.3, 0.4) is 0 Å². The number of benzene rings is 1. The fraction of sp³-hybridized carbons (Fsp3) is 0.588. The van der Waals surface area contributed by atoms with Gasteiger partial charge in [0.05, 0.1) is 5.92 Å². The Hall–Kier alpha value is -1.09. The van der Waals surface area contributed by atoms with Crippen molar-refractivity contribution in [1.82, 2.24) is 5.32 Å². The molecular weight excluding hydrogens is 262 g/mol. The number of carbonyl (C=O) groups excluding carboxylic acids is 1. The molecule has 0 bridgehead atoms. The zero-order valence-electron chi connectivity index (χ0n) is 13.8. The molecule has 0 saturated heterocycles. The van der Waals surface area contributed by atoms with Crippen LogP contribution in [-0.4, -0.2) is 19.5 Å². The van der Waals surface area contributed by atoms with Gasteiger partial charge in [0.25, 0.3) is 0 Å². The van der Waals surface area contributed by atoms with Gasteiger partial charge < -0.3 is 5.32 Å². The van der Waals surface area contributed by atoms with Crippen LogP contribution in [0.1, 0.15) is 38.7 Å². The van der Waals surface area contributed by atoms with Gasteiger partial charge in [0.1, 0.15) is 0 Å². The number of hydrogen-bond acceptors (Lipinski definition) is 1. The van der Waals surface area contributed by atoms with Gasteiger partial charge in [-0.15, -0.1) is 0 Å². The van der Waals surface area contributed by atoms with E-state index in [0.717, 1.165) is 12.0 Å². The molecule has 0 fully saturated rings. The second-order valence-electron chi connectivity index (χ2n) is 7.80. The van der Waals surface area contributed by atoms with E-state index in [9.17, 15) is 4.79 Å². The van der Waals surface area contributed by atoms with Crippen LogP contribution >= 0.6 is 0 Å². The third kappa shape index (κ3) is 6.37. The molecule has 3 heteroatoms. The van der Waals surface area contributed by atoms with E-state index in [1.54, 1.807) is 0 Å². The molecular formula is C17H29NOSi. The second-order valence-corrected chi connectivity index (χ2v) is 13.4. The molecule has 0 radical (unpaired) electrons. The number of rotatable bonds is 5. The van der Waals surface area contributed by atoms with Crippen LogP contribution < -0.4 is 5.32 Å². The molecule has 0 aliphatic rings. The van der Waals surface area contributed by atoms with Crippen LogP contribution in [0.25, 0.3) is 0 Å². The summed E-state index contributed by atoms with van der Waals surface area (Å²) in [6.45, 7) is 13.2. The van der Waals surface area contributed by atoms with Crippen LogP contribution in [0.4, 0.5) is 0 Å². The Balaban J connectivity index is 2.88. The molecule has 1 amide bonds. The van der Waals surface area contributed by atoms with Gasteiger partial charge in [-0.25, -0.2) is 0 Å². The lowest BCUT2D eigenvalue weighted by molar-refractivity contribution is -0.124. The Morgan fingerprint density at radius 2 is 1.70 bits per heavy atom. The third-order valence-electron chi connectivity index (χ3n) is 3.20. The van der Waals surface area contributed by atoms with Gasteiger partial charge >= 0.3 is 0 Å². The average Bonchev–Trinajstić information content (AvgIpc) is 2.26. The van der Waals surface area contributed by atoms with Gasteiger partial charge in [-0.2, -0.15) is 0 Å². The molecule has 0 aliphatic heterocycles. The molecule has 0 aromatic heterocycles. The van der Waals surface area contributed by atoms with E-state index in [1.807, 2.05) is 39.0 Å². The first-order chi connectivity index (χ1) is 9.08. The second kappa shape index (κ2) is 6.57. The van der Waals surface area contributed by atoms with E-state index in [2.05, 4.69) is 37.1 Å². The average molecular weight is 292 g/mol. The summed E-state index contributed by atoms with van der Waals surface area (Å²) in [6.07, 6.45) is 0.946. The van der Waals surface area contributed by atoms with Gasteiger partial charge in [-0.3, -0.25) is 4.79 Å². The molecule has 0 aliphatic carbocycles. The summed E-state index contributed by atoms with van der Waals surface area (Å²) >= 11 is 0. The molecule has 1 aromatic rings. The highest BCUT2D eigenvalue weighted by Crippen LogP contribution is 2.26. The van der Waals surface area contributed by atoms with Crippen LogP contribution in [0.5, 0.6) is 0 Å². The SMILES string of the molecule is CC(C)(C)NC(=O)C(CC[Si](C)(C)C)c1ccccc1. The van der Waals surface area contributed by atoms with Crippen molar-refractivity contribution in [2.75, 3.05) is 0 Å². The standard InChI is InChI=1S/C17H29NOSi/c1-17(2,3)18-16(19)15(12-13-20(4,5)6)14-10-8-7-9-11-14/h7-11,15H,12-13H2,1-6H3,(H,18,19). The third-order valence-corrected chi connectivity index (χ3v) is 4.99. The van der Waals surface area contributed by atoms with Crippen LogP contribution in [0.15, 0.2) is 30.3 Å². The highest BCUT2D eigenvalue weighted by molar-refractivity contribution is 6.76. The molecule has 2 nitrogen and oxygen atoms in total. The first-order valence-corrected chi connectivity index (χ1v) is 11.2. The number of hydrogen-bond donors (Lipinski definition) is 1. The molecule has 0 heterocycles. The minimum Gasteiger partial charge on any atom is -0.351 e. The van der Waals surface area contributed by atoms with E-state index in [0.29, 0.717) is 0 Å². The summed E-state index contributed by atoms with van der Waals surface area (Å²) in [5.74, 6) is 0.129. The lowest BCUT2D eigenvalue weighted by Gasteiger charge is -2.27. The van der Waals surface area contributed by atoms with E-state index < -0.39 is 8.07 Å². The van der Waals surface area contributed by atoms with Crippen molar-refractivity contribution in [3.05, 3.63) is 35.9 Å². The number of carbonyl (C=O) groups is 1. The van der Waals surface area contributed by atoms with Crippen LogP contribution in [-0.2, 0) is 4.79 Å². The maximum atomic E-state index is 12.6. The predicted octanol–water partition coefficient (Wildman–Crippen LogP) is 4.41. The summed E-state index contributed by atoms with van der Waals surface area (Å²) in [6, 6.07) is 11.3. The normalized spacial score (nSPS) is 13.9. The fourth-order valence-electron chi connectivity index (χ4n) is 2.17. The van der Waals surface area contributed by atoms with Crippen molar-refractivity contribution >= 4 is 14.0 Å². The highest BCUT2D eigenvalue weighted by atomic mass is 28.3. The molecule has 112 valence electrons. The first-order valence-electron chi connectivity index (χ1n) is 7.45. The summed E-state index contributed by atoms with van der Waals surface area (Å²) in [7, 11) is -1.14. The van der Waals surface area contributed by atoms with Crippen LogP contribution in [0.2, 0.25) is 25.7 Å². The maximum absolute atomic E-state index is 12.6. The van der Waals surface area contributed by atoms with E-state index in [4.69, 9.17) is 0 Å². The zero-order chi connectivity index (χ0) is 15.4. The van der Waals surface area contributed by atoms with E-state index in [-0.39, 0.29) is 17.4 Å². The molecule has 1 rings (SSSR count). The molecule has 1 unspecified atom stereocenters. The topological polar surface area (TPSA) is 29.1 Å². The zero-order valence-corrected chi connectivity index (χ0v) is 14.8. The monoisotopic (exact) mass is 291 g/mol. The summed E-state index contributed by atoms with van der Waals surface area (Å²) in [4.78, 5) is 12.6. The van der Waals surface area contributed by atoms with Crippen LogP contribution in [0, 0.1) is 0 Å². The van der Waals surface area contributed by atoms with Crippen molar-refractivity contribution in [2.45, 2.75) is 64.3 Å². The van der Waals surface area contributed by atoms with Crippen molar-refractivity contribution in [3.63, 3.8) is 0 Å². The van der Waals surface area contributed by atoms with Gasteiger partial charge in [0, 0.05) is 13.6 Å². The Labute approximate surface area is 125 Å². The summed E-state index contributed by atoms with van der Waals surface area (Å²) in [5, 5.41) is 3.13.